The summed E-state index contributed by atoms with van der Waals surface area (Å²) in [6.07, 6.45) is 2.52. The minimum Gasteiger partial charge on any atom is -0.489 e. The predicted octanol–water partition coefficient (Wildman–Crippen LogP) is 2.68. The number of aromatic amines is 1. The fraction of sp³-hybridized carbons (Fsp3) is 0.250. The maximum Gasteiger partial charge on any atom is 0.234 e. The molecule has 0 radical (unpaired) electrons. The number of benzene rings is 2. The van der Waals surface area contributed by atoms with Gasteiger partial charge in [-0.1, -0.05) is 24.3 Å². The van der Waals surface area contributed by atoms with Crippen LogP contribution in [0.3, 0.4) is 0 Å². The van der Waals surface area contributed by atoms with Crippen molar-refractivity contribution >= 4 is 16.8 Å². The topological polar surface area (TPSA) is 71.4 Å². The number of nitrogens with zero attached hydrogens (tertiary/aromatic N) is 1. The fourth-order valence-corrected chi connectivity index (χ4v) is 3.54. The van der Waals surface area contributed by atoms with Gasteiger partial charge in [-0.15, -0.1) is 0 Å². The Hall–Kier alpha value is -2.79. The van der Waals surface area contributed by atoms with Crippen LogP contribution in [0.1, 0.15) is 12.0 Å². The second-order valence-electron chi connectivity index (χ2n) is 6.54. The molecule has 0 bridgehead atoms. The monoisotopic (exact) mass is 335 g/mol. The van der Waals surface area contributed by atoms with E-state index in [0.29, 0.717) is 19.5 Å². The van der Waals surface area contributed by atoms with Gasteiger partial charge >= 0.3 is 0 Å². The minimum atomic E-state index is -0.296. The number of rotatable bonds is 5. The molecule has 3 aromatic rings. The van der Waals surface area contributed by atoms with E-state index in [1.54, 1.807) is 0 Å². The van der Waals surface area contributed by atoms with E-state index in [2.05, 4.69) is 34.1 Å². The van der Waals surface area contributed by atoms with Crippen LogP contribution in [0, 0.1) is 0 Å². The maximum absolute atomic E-state index is 11.9. The number of hydrogen-bond acceptors (Lipinski definition) is 3. The van der Waals surface area contributed by atoms with Gasteiger partial charge in [0.1, 0.15) is 11.9 Å². The third-order valence-corrected chi connectivity index (χ3v) is 4.74. The lowest BCUT2D eigenvalue weighted by Gasteiger charge is -2.21. The molecule has 1 amide bonds. The molecule has 128 valence electrons. The van der Waals surface area contributed by atoms with Crippen LogP contribution in [0.4, 0.5) is 0 Å². The van der Waals surface area contributed by atoms with Crippen LogP contribution < -0.4 is 10.5 Å². The molecule has 4 rings (SSSR count). The van der Waals surface area contributed by atoms with Crippen molar-refractivity contribution in [3.05, 3.63) is 66.4 Å². The van der Waals surface area contributed by atoms with Crippen LogP contribution in [-0.4, -0.2) is 34.5 Å². The fourth-order valence-electron chi connectivity index (χ4n) is 3.54. The van der Waals surface area contributed by atoms with E-state index in [1.165, 1.54) is 10.9 Å². The maximum atomic E-state index is 11.9. The number of amides is 1. The van der Waals surface area contributed by atoms with Crippen LogP contribution in [0.25, 0.3) is 10.9 Å². The van der Waals surface area contributed by atoms with Crippen LogP contribution in [-0.2, 0) is 11.3 Å². The van der Waals surface area contributed by atoms with Crippen molar-refractivity contribution in [1.29, 1.82) is 0 Å². The first kappa shape index (κ1) is 15.7. The SMILES string of the molecule is NC(=O)[C@@H]1C[C@H](Oc2ccccc2)CN1Cc1ccc2[nH]ccc2c1. The molecule has 2 atom stereocenters. The Balaban J connectivity index is 1.49. The highest BCUT2D eigenvalue weighted by atomic mass is 16.5. The molecular weight excluding hydrogens is 314 g/mol. The van der Waals surface area contributed by atoms with E-state index in [-0.39, 0.29) is 18.1 Å². The second kappa shape index (κ2) is 6.61. The lowest BCUT2D eigenvalue weighted by atomic mass is 10.1. The third-order valence-electron chi connectivity index (χ3n) is 4.74. The molecule has 0 aliphatic carbocycles. The number of likely N-dealkylation sites (tertiary alicyclic amines) is 1. The molecule has 0 spiro atoms. The number of nitrogens with two attached hydrogens (primary N) is 1. The summed E-state index contributed by atoms with van der Waals surface area (Å²) >= 11 is 0. The van der Waals surface area contributed by atoms with Gasteiger partial charge in [-0.3, -0.25) is 9.69 Å². The lowest BCUT2D eigenvalue weighted by molar-refractivity contribution is -0.122. The van der Waals surface area contributed by atoms with Gasteiger partial charge in [-0.2, -0.15) is 0 Å². The van der Waals surface area contributed by atoms with Gasteiger partial charge < -0.3 is 15.5 Å². The zero-order valence-corrected chi connectivity index (χ0v) is 13.9. The largest absolute Gasteiger partial charge is 0.489 e. The van der Waals surface area contributed by atoms with Gasteiger partial charge in [0.15, 0.2) is 0 Å². The highest BCUT2D eigenvalue weighted by molar-refractivity contribution is 5.81. The number of ether oxygens (including phenoxy) is 1. The number of carbonyl (C=O) groups is 1. The summed E-state index contributed by atoms with van der Waals surface area (Å²) in [4.78, 5) is 17.2. The Morgan fingerprint density at radius 1 is 1.20 bits per heavy atom. The number of aromatic nitrogens is 1. The van der Waals surface area contributed by atoms with Crippen LogP contribution in [0.2, 0.25) is 0 Å². The molecule has 5 heteroatoms. The number of fused-ring (bicyclic) bond motifs is 1. The first-order valence-electron chi connectivity index (χ1n) is 8.50. The molecular formula is C20H21N3O2. The molecule has 1 aliphatic rings. The lowest BCUT2D eigenvalue weighted by Crippen LogP contribution is -2.39. The summed E-state index contributed by atoms with van der Waals surface area (Å²) in [6.45, 7) is 1.37. The normalized spacial score (nSPS) is 20.8. The summed E-state index contributed by atoms with van der Waals surface area (Å²) in [7, 11) is 0. The Morgan fingerprint density at radius 2 is 2.04 bits per heavy atom. The average molecular weight is 335 g/mol. The molecule has 25 heavy (non-hydrogen) atoms. The summed E-state index contributed by atoms with van der Waals surface area (Å²) in [5, 5.41) is 1.17. The summed E-state index contributed by atoms with van der Waals surface area (Å²) in [5.74, 6) is 0.535. The molecule has 0 unspecified atom stereocenters. The molecule has 1 aromatic heterocycles. The first-order valence-corrected chi connectivity index (χ1v) is 8.50. The average Bonchev–Trinajstić information content (AvgIpc) is 3.22. The zero-order valence-electron chi connectivity index (χ0n) is 13.9. The van der Waals surface area contributed by atoms with Gasteiger partial charge in [0.25, 0.3) is 0 Å². The van der Waals surface area contributed by atoms with E-state index in [1.807, 2.05) is 36.5 Å². The molecule has 5 nitrogen and oxygen atoms in total. The van der Waals surface area contributed by atoms with E-state index in [4.69, 9.17) is 10.5 Å². The smallest absolute Gasteiger partial charge is 0.234 e. The summed E-state index contributed by atoms with van der Waals surface area (Å²) < 4.78 is 6.03. The number of hydrogen-bond donors (Lipinski definition) is 2. The number of carbonyl (C=O) groups excluding carboxylic acids is 1. The molecule has 2 aromatic carbocycles. The van der Waals surface area contributed by atoms with E-state index >= 15 is 0 Å². The highest BCUT2D eigenvalue weighted by Gasteiger charge is 2.36. The highest BCUT2D eigenvalue weighted by Crippen LogP contribution is 2.25. The number of primary amides is 1. The van der Waals surface area contributed by atoms with Gasteiger partial charge in [0, 0.05) is 31.2 Å². The minimum absolute atomic E-state index is 0.0316. The van der Waals surface area contributed by atoms with Gasteiger partial charge in [-0.25, -0.2) is 0 Å². The molecule has 3 N–H and O–H groups in total. The molecule has 2 heterocycles. The van der Waals surface area contributed by atoms with Crippen molar-refractivity contribution in [2.24, 2.45) is 5.73 Å². The zero-order chi connectivity index (χ0) is 17.2. The van der Waals surface area contributed by atoms with Crippen molar-refractivity contribution in [3.63, 3.8) is 0 Å². The number of nitrogens with one attached hydrogen (secondary N) is 1. The van der Waals surface area contributed by atoms with Crippen LogP contribution in [0.15, 0.2) is 60.8 Å². The van der Waals surface area contributed by atoms with E-state index in [0.717, 1.165) is 11.3 Å². The van der Waals surface area contributed by atoms with Crippen molar-refractivity contribution in [3.8, 4) is 5.75 Å². The summed E-state index contributed by atoms with van der Waals surface area (Å²) in [6, 6.07) is 17.8. The Labute approximate surface area is 146 Å². The Bertz CT molecular complexity index is 875. The van der Waals surface area contributed by atoms with E-state index < -0.39 is 0 Å². The van der Waals surface area contributed by atoms with Crippen LogP contribution in [0.5, 0.6) is 5.75 Å². The molecule has 1 saturated heterocycles. The Kier molecular flexibility index (Phi) is 4.15. The van der Waals surface area contributed by atoms with E-state index in [9.17, 15) is 4.79 Å². The quantitative estimate of drug-likeness (QED) is 0.753. The van der Waals surface area contributed by atoms with Crippen molar-refractivity contribution in [2.45, 2.75) is 25.1 Å². The van der Waals surface area contributed by atoms with Crippen molar-refractivity contribution < 1.29 is 9.53 Å². The molecule has 1 fully saturated rings. The standard InChI is InChI=1S/C20H21N3O2/c21-20(24)19-11-17(25-16-4-2-1-3-5-16)13-23(19)12-14-6-7-18-15(10-14)8-9-22-18/h1-10,17,19,22H,11-13H2,(H2,21,24)/t17-,19-/m0/s1. The third kappa shape index (κ3) is 3.37. The number of para-hydroxylation sites is 1. The van der Waals surface area contributed by atoms with Gasteiger partial charge in [0.05, 0.1) is 6.04 Å². The van der Waals surface area contributed by atoms with Gasteiger partial charge in [-0.05, 0) is 41.3 Å². The van der Waals surface area contributed by atoms with Crippen LogP contribution >= 0.6 is 0 Å². The number of H-pyrrole nitrogens is 1. The van der Waals surface area contributed by atoms with Crippen molar-refractivity contribution in [1.82, 2.24) is 9.88 Å². The predicted molar refractivity (Wildman–Crippen MR) is 97.2 cm³/mol. The Morgan fingerprint density at radius 3 is 2.84 bits per heavy atom. The van der Waals surface area contributed by atoms with Crippen molar-refractivity contribution in [2.75, 3.05) is 6.54 Å². The van der Waals surface area contributed by atoms with Gasteiger partial charge in [0.2, 0.25) is 5.91 Å². The second-order valence-corrected chi connectivity index (χ2v) is 6.54. The molecule has 1 aliphatic heterocycles. The summed E-state index contributed by atoms with van der Waals surface area (Å²) in [5.41, 5.74) is 7.91. The molecule has 0 saturated carbocycles. The first-order chi connectivity index (χ1) is 12.2.